The van der Waals surface area contributed by atoms with Crippen LogP contribution in [0.4, 0.5) is 5.69 Å². The van der Waals surface area contributed by atoms with E-state index in [9.17, 15) is 9.59 Å². The highest BCUT2D eigenvalue weighted by atomic mass is 16.2. The first kappa shape index (κ1) is 12.2. The van der Waals surface area contributed by atoms with Crippen LogP contribution in [0.25, 0.3) is 0 Å². The lowest BCUT2D eigenvalue weighted by molar-refractivity contribution is -0.135. The first-order chi connectivity index (χ1) is 7.43. The van der Waals surface area contributed by atoms with Crippen LogP contribution in [0.2, 0.25) is 0 Å². The van der Waals surface area contributed by atoms with Gasteiger partial charge in [-0.15, -0.1) is 0 Å². The Balaban J connectivity index is 2.89. The Bertz CT molecular complexity index is 396. The molecular weight excluding hydrogens is 204 g/mol. The second-order valence-electron chi connectivity index (χ2n) is 3.97. The zero-order chi connectivity index (χ0) is 12.3. The van der Waals surface area contributed by atoms with Crippen LogP contribution in [0, 0.1) is 0 Å². The third-order valence-electron chi connectivity index (χ3n) is 2.46. The molecular formula is C12H16N2O2. The number of benzene rings is 1. The number of nitrogens with zero attached hydrogens (tertiary/aromatic N) is 1. The quantitative estimate of drug-likeness (QED) is 0.762. The first-order valence-corrected chi connectivity index (χ1v) is 5.11. The van der Waals surface area contributed by atoms with E-state index in [1.165, 1.54) is 17.5 Å². The molecule has 0 saturated heterocycles. The average molecular weight is 220 g/mol. The second kappa shape index (κ2) is 4.79. The van der Waals surface area contributed by atoms with Crippen LogP contribution in [0.5, 0.6) is 0 Å². The molecule has 0 heterocycles. The Morgan fingerprint density at radius 3 is 2.06 bits per heavy atom. The smallest absolute Gasteiger partial charge is 0.315 e. The van der Waals surface area contributed by atoms with Crippen molar-refractivity contribution in [3.63, 3.8) is 0 Å². The van der Waals surface area contributed by atoms with Gasteiger partial charge in [-0.05, 0) is 23.6 Å². The number of amides is 2. The number of primary amides is 1. The molecule has 0 bridgehead atoms. The van der Waals surface area contributed by atoms with Gasteiger partial charge in [0.15, 0.2) is 0 Å². The number of carbonyl (C=O) groups is 2. The van der Waals surface area contributed by atoms with Crippen LogP contribution in [0.1, 0.15) is 25.3 Å². The van der Waals surface area contributed by atoms with Gasteiger partial charge in [-0.1, -0.05) is 26.0 Å². The molecule has 2 amide bonds. The van der Waals surface area contributed by atoms with Gasteiger partial charge in [-0.2, -0.15) is 0 Å². The van der Waals surface area contributed by atoms with Gasteiger partial charge in [0.25, 0.3) is 0 Å². The van der Waals surface area contributed by atoms with Gasteiger partial charge in [0.05, 0.1) is 0 Å². The molecule has 1 aromatic carbocycles. The minimum Gasteiger partial charge on any atom is -0.361 e. The van der Waals surface area contributed by atoms with E-state index in [-0.39, 0.29) is 0 Å². The molecule has 0 aliphatic rings. The number of hydrogen-bond acceptors (Lipinski definition) is 2. The van der Waals surface area contributed by atoms with Crippen LogP contribution in [0.3, 0.4) is 0 Å². The van der Waals surface area contributed by atoms with E-state index < -0.39 is 11.8 Å². The first-order valence-electron chi connectivity index (χ1n) is 5.11. The van der Waals surface area contributed by atoms with Gasteiger partial charge in [0.1, 0.15) is 0 Å². The molecule has 0 spiro atoms. The zero-order valence-electron chi connectivity index (χ0n) is 9.73. The lowest BCUT2D eigenvalue weighted by Crippen LogP contribution is -2.37. The maximum Gasteiger partial charge on any atom is 0.315 e. The van der Waals surface area contributed by atoms with Crippen molar-refractivity contribution in [2.75, 3.05) is 11.9 Å². The molecule has 0 saturated carbocycles. The number of anilines is 1. The summed E-state index contributed by atoms with van der Waals surface area (Å²) in [5, 5.41) is 0. The highest BCUT2D eigenvalue weighted by molar-refractivity contribution is 6.39. The van der Waals surface area contributed by atoms with Gasteiger partial charge < -0.3 is 10.6 Å². The van der Waals surface area contributed by atoms with Crippen molar-refractivity contribution in [1.29, 1.82) is 0 Å². The summed E-state index contributed by atoms with van der Waals surface area (Å²) >= 11 is 0. The second-order valence-corrected chi connectivity index (χ2v) is 3.97. The SMILES string of the molecule is CC(C)c1ccc(N(C)C(=O)C(N)=O)cc1. The largest absolute Gasteiger partial charge is 0.361 e. The van der Waals surface area contributed by atoms with E-state index in [1.54, 1.807) is 12.1 Å². The average Bonchev–Trinajstić information content (AvgIpc) is 2.27. The fourth-order valence-corrected chi connectivity index (χ4v) is 1.37. The van der Waals surface area contributed by atoms with Gasteiger partial charge in [-0.3, -0.25) is 9.59 Å². The molecule has 4 nitrogen and oxygen atoms in total. The van der Waals surface area contributed by atoms with E-state index >= 15 is 0 Å². The predicted molar refractivity (Wildman–Crippen MR) is 63.1 cm³/mol. The molecule has 0 fully saturated rings. The van der Waals surface area contributed by atoms with Crippen LogP contribution in [0.15, 0.2) is 24.3 Å². The fourth-order valence-electron chi connectivity index (χ4n) is 1.37. The summed E-state index contributed by atoms with van der Waals surface area (Å²) in [6.45, 7) is 4.18. The van der Waals surface area contributed by atoms with E-state index in [2.05, 4.69) is 13.8 Å². The lowest BCUT2D eigenvalue weighted by atomic mass is 10.0. The normalized spacial score (nSPS) is 10.2. The number of rotatable bonds is 2. The zero-order valence-corrected chi connectivity index (χ0v) is 9.73. The Hall–Kier alpha value is -1.84. The van der Waals surface area contributed by atoms with Crippen molar-refractivity contribution >= 4 is 17.5 Å². The predicted octanol–water partition coefficient (Wildman–Crippen LogP) is 1.26. The molecule has 0 aliphatic carbocycles. The molecule has 86 valence electrons. The van der Waals surface area contributed by atoms with E-state index in [4.69, 9.17) is 5.73 Å². The fraction of sp³-hybridized carbons (Fsp3) is 0.333. The molecule has 16 heavy (non-hydrogen) atoms. The van der Waals surface area contributed by atoms with Crippen molar-refractivity contribution in [2.45, 2.75) is 19.8 Å². The van der Waals surface area contributed by atoms with Crippen molar-refractivity contribution in [2.24, 2.45) is 5.73 Å². The Labute approximate surface area is 95.0 Å². The summed E-state index contributed by atoms with van der Waals surface area (Å²) in [5.74, 6) is -1.22. The number of hydrogen-bond donors (Lipinski definition) is 1. The highest BCUT2D eigenvalue weighted by Crippen LogP contribution is 2.19. The van der Waals surface area contributed by atoms with Crippen molar-refractivity contribution in [3.8, 4) is 0 Å². The van der Waals surface area contributed by atoms with E-state index in [0.717, 1.165) is 0 Å². The molecule has 0 aliphatic heterocycles. The molecule has 4 heteroatoms. The maximum atomic E-state index is 11.3. The monoisotopic (exact) mass is 220 g/mol. The number of nitrogens with two attached hydrogens (primary N) is 1. The summed E-state index contributed by atoms with van der Waals surface area (Å²) < 4.78 is 0. The van der Waals surface area contributed by atoms with Crippen LogP contribution < -0.4 is 10.6 Å². The van der Waals surface area contributed by atoms with Gasteiger partial charge in [-0.25, -0.2) is 0 Å². The van der Waals surface area contributed by atoms with Crippen molar-refractivity contribution in [3.05, 3.63) is 29.8 Å². The van der Waals surface area contributed by atoms with Crippen LogP contribution >= 0.6 is 0 Å². The molecule has 1 rings (SSSR count). The molecule has 0 radical (unpaired) electrons. The summed E-state index contributed by atoms with van der Waals surface area (Å²) in [6.07, 6.45) is 0. The van der Waals surface area contributed by atoms with Crippen LogP contribution in [-0.2, 0) is 9.59 Å². The molecule has 1 aromatic rings. The highest BCUT2D eigenvalue weighted by Gasteiger charge is 2.16. The third-order valence-corrected chi connectivity index (χ3v) is 2.46. The summed E-state index contributed by atoms with van der Waals surface area (Å²) in [7, 11) is 1.53. The van der Waals surface area contributed by atoms with Crippen molar-refractivity contribution in [1.82, 2.24) is 0 Å². The van der Waals surface area contributed by atoms with Gasteiger partial charge in [0, 0.05) is 12.7 Å². The number of likely N-dealkylation sites (N-methyl/N-ethyl adjacent to an activating group) is 1. The van der Waals surface area contributed by atoms with Gasteiger partial charge in [0.2, 0.25) is 0 Å². The molecule has 0 aromatic heterocycles. The van der Waals surface area contributed by atoms with Crippen molar-refractivity contribution < 1.29 is 9.59 Å². The van der Waals surface area contributed by atoms with E-state index in [0.29, 0.717) is 11.6 Å². The van der Waals surface area contributed by atoms with Crippen LogP contribution in [-0.4, -0.2) is 18.9 Å². The lowest BCUT2D eigenvalue weighted by Gasteiger charge is -2.16. The Morgan fingerprint density at radius 1 is 1.19 bits per heavy atom. The summed E-state index contributed by atoms with van der Waals surface area (Å²) in [4.78, 5) is 23.3. The van der Waals surface area contributed by atoms with E-state index in [1.807, 2.05) is 12.1 Å². The maximum absolute atomic E-state index is 11.3. The standard InChI is InChI=1S/C12H16N2O2/c1-8(2)9-4-6-10(7-5-9)14(3)12(16)11(13)15/h4-8H,1-3H3,(H2,13,15). The third kappa shape index (κ3) is 2.59. The number of carbonyl (C=O) groups excluding carboxylic acids is 2. The molecule has 0 unspecified atom stereocenters. The minimum atomic E-state index is -0.949. The summed E-state index contributed by atoms with van der Waals surface area (Å²) in [6, 6.07) is 7.47. The topological polar surface area (TPSA) is 63.4 Å². The Morgan fingerprint density at radius 2 is 1.69 bits per heavy atom. The summed E-state index contributed by atoms with van der Waals surface area (Å²) in [5.41, 5.74) is 6.77. The van der Waals surface area contributed by atoms with Gasteiger partial charge >= 0.3 is 11.8 Å². The minimum absolute atomic E-state index is 0.436. The molecule has 2 N–H and O–H groups in total. The molecule has 0 atom stereocenters. The Kier molecular flexibility index (Phi) is 3.66.